The topological polar surface area (TPSA) is 9.23 Å². The molecule has 0 aromatic heterocycles. The predicted octanol–water partition coefficient (Wildman–Crippen LogP) is 5.31. The minimum atomic E-state index is -1.52. The molecule has 0 aliphatic carbocycles. The molecule has 0 heterocycles. The second-order valence-corrected chi connectivity index (χ2v) is 11.2. The number of rotatable bonds is 7. The maximum atomic E-state index is 6.12. The molecule has 1 nitrogen and oxygen atoms in total. The lowest BCUT2D eigenvalue weighted by atomic mass is 10.2. The summed E-state index contributed by atoms with van der Waals surface area (Å²) in [6, 6.07) is 0. The van der Waals surface area contributed by atoms with Crippen molar-refractivity contribution in [3.05, 3.63) is 24.3 Å². The molecule has 0 N–H and O–H groups in total. The molecule has 0 rings (SSSR count). The van der Waals surface area contributed by atoms with E-state index in [1.165, 1.54) is 6.42 Å². The molecule has 0 atom stereocenters. The van der Waals surface area contributed by atoms with Gasteiger partial charge in [-0.05, 0) is 44.3 Å². The highest BCUT2D eigenvalue weighted by Gasteiger charge is 2.36. The van der Waals surface area contributed by atoms with Crippen LogP contribution < -0.4 is 0 Å². The van der Waals surface area contributed by atoms with Gasteiger partial charge < -0.3 is 4.43 Å². The lowest BCUT2D eigenvalue weighted by Gasteiger charge is -2.36. The molecule has 17 heavy (non-hydrogen) atoms. The van der Waals surface area contributed by atoms with Crippen LogP contribution in [-0.4, -0.2) is 14.9 Å². The van der Waals surface area contributed by atoms with Crippen molar-refractivity contribution in [1.29, 1.82) is 0 Å². The Kier molecular flexibility index (Phi) is 7.03. The summed E-state index contributed by atoms with van der Waals surface area (Å²) in [5, 5.41) is 0.326. The van der Waals surface area contributed by atoms with E-state index in [9.17, 15) is 0 Å². The van der Waals surface area contributed by atoms with Crippen LogP contribution in [0.3, 0.4) is 0 Å². The second-order valence-electron chi connectivity index (χ2n) is 6.35. The summed E-state index contributed by atoms with van der Waals surface area (Å²) in [7, 11) is -1.52. The third-order valence-electron chi connectivity index (χ3n) is 3.44. The van der Waals surface area contributed by atoms with E-state index < -0.39 is 8.32 Å². The van der Waals surface area contributed by atoms with Crippen LogP contribution in [0, 0.1) is 0 Å². The summed E-state index contributed by atoms with van der Waals surface area (Å²) >= 11 is 0. The van der Waals surface area contributed by atoms with Crippen LogP contribution >= 0.6 is 0 Å². The number of unbranched alkanes of at least 4 members (excludes halogenated alkanes) is 2. The fourth-order valence-corrected chi connectivity index (χ4v) is 2.28. The predicted molar refractivity (Wildman–Crippen MR) is 81.0 cm³/mol. The molecule has 0 aliphatic heterocycles. The zero-order valence-electron chi connectivity index (χ0n) is 12.6. The smallest absolute Gasteiger partial charge is 0.191 e. The molecule has 100 valence electrons. The molecule has 0 fully saturated rings. The Hall–Kier alpha value is -0.343. The van der Waals surface area contributed by atoms with Crippen LogP contribution in [0.15, 0.2) is 24.3 Å². The molecular formula is C15H30OSi. The van der Waals surface area contributed by atoms with Gasteiger partial charge in [-0.15, -0.1) is 0 Å². The summed E-state index contributed by atoms with van der Waals surface area (Å²) < 4.78 is 6.12. The van der Waals surface area contributed by atoms with Crippen molar-refractivity contribution in [2.24, 2.45) is 0 Å². The van der Waals surface area contributed by atoms with Crippen molar-refractivity contribution in [2.45, 2.75) is 65.1 Å². The van der Waals surface area contributed by atoms with Crippen LogP contribution in [0.5, 0.6) is 0 Å². The van der Waals surface area contributed by atoms with Crippen molar-refractivity contribution < 1.29 is 4.43 Å². The quantitative estimate of drug-likeness (QED) is 0.340. The van der Waals surface area contributed by atoms with E-state index in [4.69, 9.17) is 4.43 Å². The van der Waals surface area contributed by atoms with Gasteiger partial charge in [-0.25, -0.2) is 0 Å². The van der Waals surface area contributed by atoms with E-state index in [2.05, 4.69) is 52.6 Å². The van der Waals surface area contributed by atoms with Crippen LogP contribution in [0.1, 0.15) is 47.0 Å². The maximum absolute atomic E-state index is 6.12. The fourth-order valence-electron chi connectivity index (χ4n) is 1.19. The first-order chi connectivity index (χ1) is 7.67. The van der Waals surface area contributed by atoms with Crippen LogP contribution in [0.2, 0.25) is 18.1 Å². The van der Waals surface area contributed by atoms with E-state index in [0.29, 0.717) is 5.04 Å². The van der Waals surface area contributed by atoms with Gasteiger partial charge in [-0.1, -0.05) is 45.1 Å². The molecule has 2 heteroatoms. The zero-order chi connectivity index (χ0) is 13.5. The molecule has 0 unspecified atom stereocenters. The molecule has 0 amide bonds. The first-order valence-corrected chi connectivity index (χ1v) is 9.53. The Labute approximate surface area is 109 Å². The van der Waals surface area contributed by atoms with Crippen molar-refractivity contribution in [3.8, 4) is 0 Å². The molecular weight excluding hydrogens is 224 g/mol. The molecule has 0 radical (unpaired) electrons. The van der Waals surface area contributed by atoms with Gasteiger partial charge in [0.2, 0.25) is 0 Å². The summed E-state index contributed by atoms with van der Waals surface area (Å²) in [6.45, 7) is 18.3. The standard InChI is InChI=1S/C15H30OSi/c1-14(2)12-10-8-9-11-13-16-17(6,7)15(3,4)5/h10,12H,1,8-9,11,13H2,2-7H3/b12-10+. The highest BCUT2D eigenvalue weighted by molar-refractivity contribution is 6.74. The fraction of sp³-hybridized carbons (Fsp3) is 0.733. The SMILES string of the molecule is C=C(C)/C=C/CCCCO[Si](C)(C)C(C)(C)C. The van der Waals surface area contributed by atoms with E-state index >= 15 is 0 Å². The van der Waals surface area contributed by atoms with Crippen molar-refractivity contribution in [2.75, 3.05) is 6.61 Å². The summed E-state index contributed by atoms with van der Waals surface area (Å²) in [6.07, 6.45) is 7.79. The Morgan fingerprint density at radius 3 is 2.29 bits per heavy atom. The third kappa shape index (κ3) is 7.56. The van der Waals surface area contributed by atoms with Crippen molar-refractivity contribution >= 4 is 8.32 Å². The molecule has 0 aliphatic rings. The van der Waals surface area contributed by atoms with Gasteiger partial charge in [0.05, 0.1) is 0 Å². The van der Waals surface area contributed by atoms with E-state index in [0.717, 1.165) is 25.0 Å². The minimum Gasteiger partial charge on any atom is -0.417 e. The number of allylic oxidation sites excluding steroid dienone is 3. The number of hydrogen-bond donors (Lipinski definition) is 0. The molecule has 0 saturated heterocycles. The van der Waals surface area contributed by atoms with Gasteiger partial charge >= 0.3 is 0 Å². The summed E-state index contributed by atoms with van der Waals surface area (Å²) in [4.78, 5) is 0. The average molecular weight is 254 g/mol. The molecule has 0 aromatic rings. The van der Waals surface area contributed by atoms with E-state index in [1.54, 1.807) is 0 Å². The Morgan fingerprint density at radius 1 is 1.24 bits per heavy atom. The lowest BCUT2D eigenvalue weighted by molar-refractivity contribution is 0.279. The lowest BCUT2D eigenvalue weighted by Crippen LogP contribution is -2.40. The maximum Gasteiger partial charge on any atom is 0.191 e. The highest BCUT2D eigenvalue weighted by atomic mass is 28.4. The first kappa shape index (κ1) is 16.7. The highest BCUT2D eigenvalue weighted by Crippen LogP contribution is 2.36. The minimum absolute atomic E-state index is 0.326. The molecule has 0 aromatic carbocycles. The van der Waals surface area contributed by atoms with Crippen molar-refractivity contribution in [1.82, 2.24) is 0 Å². The van der Waals surface area contributed by atoms with Crippen LogP contribution in [-0.2, 0) is 4.43 Å². The van der Waals surface area contributed by atoms with Gasteiger partial charge in [0.25, 0.3) is 0 Å². The largest absolute Gasteiger partial charge is 0.417 e. The molecule has 0 spiro atoms. The van der Waals surface area contributed by atoms with Gasteiger partial charge in [-0.2, -0.15) is 0 Å². The Morgan fingerprint density at radius 2 is 1.82 bits per heavy atom. The number of hydrogen-bond acceptors (Lipinski definition) is 1. The zero-order valence-corrected chi connectivity index (χ0v) is 13.6. The van der Waals surface area contributed by atoms with Gasteiger partial charge in [0, 0.05) is 6.61 Å². The van der Waals surface area contributed by atoms with E-state index in [1.807, 2.05) is 6.92 Å². The average Bonchev–Trinajstić information content (AvgIpc) is 2.13. The Bertz CT molecular complexity index is 259. The van der Waals surface area contributed by atoms with E-state index in [-0.39, 0.29) is 0 Å². The van der Waals surface area contributed by atoms with Crippen molar-refractivity contribution in [3.63, 3.8) is 0 Å². The van der Waals surface area contributed by atoms with Gasteiger partial charge in [-0.3, -0.25) is 0 Å². The Balaban J connectivity index is 3.69. The molecule has 0 bridgehead atoms. The second kappa shape index (κ2) is 7.17. The van der Waals surface area contributed by atoms with Gasteiger partial charge in [0.15, 0.2) is 8.32 Å². The van der Waals surface area contributed by atoms with Crippen LogP contribution in [0.25, 0.3) is 0 Å². The van der Waals surface area contributed by atoms with Crippen LogP contribution in [0.4, 0.5) is 0 Å². The summed E-state index contributed by atoms with van der Waals surface area (Å²) in [5.74, 6) is 0. The third-order valence-corrected chi connectivity index (χ3v) is 7.97. The monoisotopic (exact) mass is 254 g/mol. The van der Waals surface area contributed by atoms with Gasteiger partial charge in [0.1, 0.15) is 0 Å². The summed E-state index contributed by atoms with van der Waals surface area (Å²) in [5.41, 5.74) is 1.13. The molecule has 0 saturated carbocycles. The normalized spacial score (nSPS) is 13.3. The first-order valence-electron chi connectivity index (χ1n) is 6.63.